The average molecular weight is 371 g/mol. The molecule has 1 amide bonds. The van der Waals surface area contributed by atoms with E-state index in [1.165, 1.54) is 44.2 Å². The second kappa shape index (κ2) is 8.70. The van der Waals surface area contributed by atoms with Crippen LogP contribution >= 0.6 is 0 Å². The van der Waals surface area contributed by atoms with Crippen molar-refractivity contribution in [2.75, 3.05) is 39.8 Å². The number of rotatable bonds is 6. The second-order valence-electron chi connectivity index (χ2n) is 8.86. The Morgan fingerprint density at radius 1 is 1.19 bits per heavy atom. The van der Waals surface area contributed by atoms with E-state index in [0.29, 0.717) is 11.9 Å². The number of amides is 1. The molecule has 0 N–H and O–H groups in total. The second-order valence-corrected chi connectivity index (χ2v) is 8.86. The molecule has 2 aliphatic heterocycles. The normalized spacial score (nSPS) is 25.4. The monoisotopic (exact) mass is 370 g/mol. The highest BCUT2D eigenvalue weighted by molar-refractivity contribution is 5.79. The highest BCUT2D eigenvalue weighted by Gasteiger charge is 2.34. The van der Waals surface area contributed by atoms with Gasteiger partial charge in [0.25, 0.3) is 0 Å². The first-order valence-corrected chi connectivity index (χ1v) is 10.8. The van der Waals surface area contributed by atoms with Gasteiger partial charge in [0.1, 0.15) is 0 Å². The number of hydrogen-bond donors (Lipinski definition) is 0. The largest absolute Gasteiger partial charge is 0.345 e. The summed E-state index contributed by atoms with van der Waals surface area (Å²) in [5.41, 5.74) is 1.30. The van der Waals surface area contributed by atoms with Crippen molar-refractivity contribution in [3.05, 3.63) is 30.1 Å². The van der Waals surface area contributed by atoms with Crippen LogP contribution in [0.25, 0.3) is 0 Å². The molecule has 148 valence electrons. The molecule has 3 aliphatic rings. The molecule has 3 heterocycles. The van der Waals surface area contributed by atoms with Gasteiger partial charge in [0.05, 0.1) is 5.92 Å². The molecule has 5 nitrogen and oxygen atoms in total. The molecular formula is C22H34N4O. The predicted molar refractivity (Wildman–Crippen MR) is 107 cm³/mol. The number of hydrogen-bond acceptors (Lipinski definition) is 4. The highest BCUT2D eigenvalue weighted by atomic mass is 16.2. The topological polar surface area (TPSA) is 39.7 Å². The van der Waals surface area contributed by atoms with Crippen molar-refractivity contribution >= 4 is 5.91 Å². The van der Waals surface area contributed by atoms with E-state index in [9.17, 15) is 4.79 Å². The van der Waals surface area contributed by atoms with E-state index in [2.05, 4.69) is 20.9 Å². The minimum atomic E-state index is 0.218. The fourth-order valence-electron chi connectivity index (χ4n) is 4.82. The van der Waals surface area contributed by atoms with Crippen molar-refractivity contribution < 1.29 is 4.79 Å². The predicted octanol–water partition coefficient (Wildman–Crippen LogP) is 2.63. The molecule has 1 aliphatic carbocycles. The summed E-state index contributed by atoms with van der Waals surface area (Å²) in [4.78, 5) is 24.2. The van der Waals surface area contributed by atoms with Crippen LogP contribution in [0.5, 0.6) is 0 Å². The van der Waals surface area contributed by atoms with Gasteiger partial charge in [-0.3, -0.25) is 19.6 Å². The highest BCUT2D eigenvalue weighted by Crippen LogP contribution is 2.31. The number of carbonyl (C=O) groups is 1. The SMILES string of the molecule is CN(CC1CC1)C(=O)[C@@H]1CCCN(C2CCN(Cc3cccnc3)CC2)C1. The molecule has 1 saturated carbocycles. The Bertz CT molecular complexity index is 610. The van der Waals surface area contributed by atoms with Crippen molar-refractivity contribution in [2.45, 2.75) is 51.1 Å². The first-order valence-electron chi connectivity index (χ1n) is 10.8. The number of likely N-dealkylation sites (tertiary alicyclic amines) is 2. The Balaban J connectivity index is 1.24. The molecule has 27 heavy (non-hydrogen) atoms. The maximum atomic E-state index is 12.8. The number of pyridine rings is 1. The standard InChI is InChI=1S/C22H34N4O/c1-24(15-18-6-7-18)22(27)20-5-3-11-26(17-20)21-8-12-25(13-9-21)16-19-4-2-10-23-14-19/h2,4,10,14,18,20-21H,3,5-9,11-13,15-17H2,1H3/t20-/m1/s1. The summed E-state index contributed by atoms with van der Waals surface area (Å²) >= 11 is 0. The summed E-state index contributed by atoms with van der Waals surface area (Å²) in [6, 6.07) is 4.84. The van der Waals surface area contributed by atoms with E-state index < -0.39 is 0 Å². The lowest BCUT2D eigenvalue weighted by atomic mass is 9.92. The van der Waals surface area contributed by atoms with Gasteiger partial charge in [0, 0.05) is 45.1 Å². The summed E-state index contributed by atoms with van der Waals surface area (Å²) in [5, 5.41) is 0. The van der Waals surface area contributed by atoms with Gasteiger partial charge in [0.15, 0.2) is 0 Å². The van der Waals surface area contributed by atoms with Gasteiger partial charge in [0.2, 0.25) is 5.91 Å². The fraction of sp³-hybridized carbons (Fsp3) is 0.727. The van der Waals surface area contributed by atoms with E-state index in [1.54, 1.807) is 0 Å². The summed E-state index contributed by atoms with van der Waals surface area (Å²) in [6.07, 6.45) is 11.1. The van der Waals surface area contributed by atoms with E-state index in [4.69, 9.17) is 0 Å². The first-order chi connectivity index (χ1) is 13.2. The van der Waals surface area contributed by atoms with Crippen LogP contribution in [0.15, 0.2) is 24.5 Å². The van der Waals surface area contributed by atoms with Gasteiger partial charge in [-0.2, -0.15) is 0 Å². The van der Waals surface area contributed by atoms with Crippen LogP contribution in [0.4, 0.5) is 0 Å². The van der Waals surface area contributed by atoms with Crippen LogP contribution in [-0.2, 0) is 11.3 Å². The first kappa shape index (κ1) is 18.9. The summed E-state index contributed by atoms with van der Waals surface area (Å²) < 4.78 is 0. The van der Waals surface area contributed by atoms with Crippen molar-refractivity contribution in [3.8, 4) is 0 Å². The van der Waals surface area contributed by atoms with Gasteiger partial charge < -0.3 is 4.90 Å². The minimum absolute atomic E-state index is 0.218. The lowest BCUT2D eigenvalue weighted by Crippen LogP contribution is -2.51. The molecule has 1 aromatic heterocycles. The Kier molecular flexibility index (Phi) is 6.08. The number of carbonyl (C=O) groups excluding carboxylic acids is 1. The van der Waals surface area contributed by atoms with E-state index >= 15 is 0 Å². The van der Waals surface area contributed by atoms with Crippen LogP contribution in [0.2, 0.25) is 0 Å². The lowest BCUT2D eigenvalue weighted by molar-refractivity contribution is -0.136. The van der Waals surface area contributed by atoms with Crippen molar-refractivity contribution in [2.24, 2.45) is 11.8 Å². The van der Waals surface area contributed by atoms with Crippen LogP contribution < -0.4 is 0 Å². The zero-order valence-corrected chi connectivity index (χ0v) is 16.7. The maximum Gasteiger partial charge on any atom is 0.226 e. The van der Waals surface area contributed by atoms with Crippen molar-refractivity contribution in [1.82, 2.24) is 19.7 Å². The van der Waals surface area contributed by atoms with Crippen LogP contribution in [0.1, 0.15) is 44.1 Å². The molecule has 2 saturated heterocycles. The fourth-order valence-corrected chi connectivity index (χ4v) is 4.82. The summed E-state index contributed by atoms with van der Waals surface area (Å²) in [5.74, 6) is 1.39. The Labute approximate surface area is 163 Å². The third-order valence-electron chi connectivity index (χ3n) is 6.61. The zero-order chi connectivity index (χ0) is 18.6. The number of nitrogens with zero attached hydrogens (tertiary/aromatic N) is 4. The molecule has 3 fully saturated rings. The molecule has 0 spiro atoms. The summed E-state index contributed by atoms with van der Waals surface area (Å²) in [7, 11) is 2.01. The zero-order valence-electron chi connectivity index (χ0n) is 16.7. The van der Waals surface area contributed by atoms with E-state index in [0.717, 1.165) is 45.1 Å². The van der Waals surface area contributed by atoms with Gasteiger partial charge in [-0.25, -0.2) is 0 Å². The Morgan fingerprint density at radius 2 is 2.00 bits per heavy atom. The Hall–Kier alpha value is -1.46. The molecular weight excluding hydrogens is 336 g/mol. The molecule has 4 rings (SSSR count). The van der Waals surface area contributed by atoms with Gasteiger partial charge in [-0.1, -0.05) is 6.07 Å². The number of piperidine rings is 2. The molecule has 5 heteroatoms. The lowest BCUT2D eigenvalue weighted by Gasteiger charge is -2.42. The van der Waals surface area contributed by atoms with Crippen LogP contribution in [0.3, 0.4) is 0 Å². The van der Waals surface area contributed by atoms with Crippen molar-refractivity contribution in [3.63, 3.8) is 0 Å². The molecule has 0 unspecified atom stereocenters. The molecule has 1 atom stereocenters. The molecule has 1 aromatic rings. The third-order valence-corrected chi connectivity index (χ3v) is 6.61. The number of aromatic nitrogens is 1. The van der Waals surface area contributed by atoms with Gasteiger partial charge in [-0.15, -0.1) is 0 Å². The van der Waals surface area contributed by atoms with Crippen LogP contribution in [-0.4, -0.2) is 71.4 Å². The minimum Gasteiger partial charge on any atom is -0.345 e. The Morgan fingerprint density at radius 3 is 2.70 bits per heavy atom. The molecule has 0 bridgehead atoms. The van der Waals surface area contributed by atoms with Crippen molar-refractivity contribution in [1.29, 1.82) is 0 Å². The van der Waals surface area contributed by atoms with Gasteiger partial charge in [-0.05, 0) is 75.7 Å². The average Bonchev–Trinajstić information content (AvgIpc) is 3.53. The molecule has 0 radical (unpaired) electrons. The van der Waals surface area contributed by atoms with Crippen LogP contribution in [0, 0.1) is 11.8 Å². The summed E-state index contributed by atoms with van der Waals surface area (Å²) in [6.45, 7) is 6.42. The van der Waals surface area contributed by atoms with Gasteiger partial charge >= 0.3 is 0 Å². The maximum absolute atomic E-state index is 12.8. The third kappa shape index (κ3) is 5.08. The smallest absolute Gasteiger partial charge is 0.226 e. The van der Waals surface area contributed by atoms with E-state index in [1.807, 2.05) is 30.4 Å². The van der Waals surface area contributed by atoms with E-state index in [-0.39, 0.29) is 5.92 Å². The molecule has 0 aromatic carbocycles. The quantitative estimate of drug-likeness (QED) is 0.772.